The summed E-state index contributed by atoms with van der Waals surface area (Å²) in [6.07, 6.45) is 1.19. The van der Waals surface area contributed by atoms with Gasteiger partial charge in [0.1, 0.15) is 11.9 Å². The molecule has 2 N–H and O–H groups in total. The van der Waals surface area contributed by atoms with Crippen molar-refractivity contribution in [3.63, 3.8) is 0 Å². The fourth-order valence-corrected chi connectivity index (χ4v) is 4.27. The molecule has 28 heavy (non-hydrogen) atoms. The van der Waals surface area contributed by atoms with Gasteiger partial charge >= 0.3 is 0 Å². The summed E-state index contributed by atoms with van der Waals surface area (Å²) in [5.74, 6) is 0.522. The minimum absolute atomic E-state index is 0.136. The molecule has 0 radical (unpaired) electrons. The summed E-state index contributed by atoms with van der Waals surface area (Å²) < 4.78 is 44.2. The van der Waals surface area contributed by atoms with Crippen molar-refractivity contribution in [1.29, 1.82) is 0 Å². The first-order chi connectivity index (χ1) is 13.4. The second-order valence-corrected chi connectivity index (χ2v) is 8.97. The van der Waals surface area contributed by atoms with Crippen molar-refractivity contribution in [3.8, 4) is 0 Å². The van der Waals surface area contributed by atoms with Crippen LogP contribution in [-0.4, -0.2) is 63.8 Å². The second kappa shape index (κ2) is 10.7. The summed E-state index contributed by atoms with van der Waals surface area (Å²) in [7, 11) is -1.52. The number of nitrogens with zero attached hydrogens (tertiary/aromatic N) is 2. The van der Waals surface area contributed by atoms with Crippen molar-refractivity contribution in [2.24, 2.45) is 4.99 Å². The molecule has 1 aromatic rings. The Balaban J connectivity index is 1.96. The lowest BCUT2D eigenvalue weighted by atomic mass is 10.1. The first-order valence-corrected chi connectivity index (χ1v) is 11.3. The fourth-order valence-electron chi connectivity index (χ4n) is 3.14. The van der Waals surface area contributed by atoms with E-state index in [0.717, 1.165) is 18.4 Å². The zero-order valence-electron chi connectivity index (χ0n) is 16.8. The Bertz CT molecular complexity index is 732. The predicted molar refractivity (Wildman–Crippen MR) is 109 cm³/mol. The highest BCUT2D eigenvalue weighted by Gasteiger charge is 2.27. The molecular weight excluding hydrogens is 383 g/mol. The van der Waals surface area contributed by atoms with Gasteiger partial charge in [-0.25, -0.2) is 17.1 Å². The molecule has 0 bridgehead atoms. The first kappa shape index (κ1) is 22.6. The number of halogens is 1. The van der Waals surface area contributed by atoms with Crippen LogP contribution >= 0.6 is 0 Å². The van der Waals surface area contributed by atoms with Crippen LogP contribution < -0.4 is 10.6 Å². The molecule has 1 saturated heterocycles. The maximum Gasteiger partial charge on any atom is 0.213 e. The topological polar surface area (TPSA) is 83.0 Å². The number of guanidine groups is 1. The van der Waals surface area contributed by atoms with Crippen LogP contribution in [0, 0.1) is 5.82 Å². The van der Waals surface area contributed by atoms with Crippen LogP contribution in [0.5, 0.6) is 0 Å². The van der Waals surface area contributed by atoms with Gasteiger partial charge in [-0.05, 0) is 44.4 Å². The van der Waals surface area contributed by atoms with Gasteiger partial charge in [-0.3, -0.25) is 4.99 Å². The molecule has 1 unspecified atom stereocenters. The van der Waals surface area contributed by atoms with Gasteiger partial charge in [0.25, 0.3) is 0 Å². The molecule has 158 valence electrons. The van der Waals surface area contributed by atoms with Crippen molar-refractivity contribution in [2.75, 3.05) is 39.0 Å². The number of rotatable bonds is 8. The Hall–Kier alpha value is -1.71. The molecule has 0 aromatic heterocycles. The molecule has 9 heteroatoms. The second-order valence-electron chi connectivity index (χ2n) is 6.71. The third kappa shape index (κ3) is 6.42. The van der Waals surface area contributed by atoms with Crippen LogP contribution in [-0.2, 0) is 14.8 Å². The highest BCUT2D eigenvalue weighted by Crippen LogP contribution is 2.18. The Morgan fingerprint density at radius 2 is 1.93 bits per heavy atom. The summed E-state index contributed by atoms with van der Waals surface area (Å²) in [6, 6.07) is 6.37. The van der Waals surface area contributed by atoms with E-state index >= 15 is 0 Å². The van der Waals surface area contributed by atoms with Crippen LogP contribution in [0.3, 0.4) is 0 Å². The lowest BCUT2D eigenvalue weighted by molar-refractivity contribution is 0.111. The van der Waals surface area contributed by atoms with Gasteiger partial charge in [0, 0.05) is 32.8 Å². The van der Waals surface area contributed by atoms with E-state index in [-0.39, 0.29) is 23.7 Å². The summed E-state index contributed by atoms with van der Waals surface area (Å²) >= 11 is 0. The van der Waals surface area contributed by atoms with Gasteiger partial charge in [-0.2, -0.15) is 0 Å². The fraction of sp³-hybridized carbons (Fsp3) is 0.632. The first-order valence-electron chi connectivity index (χ1n) is 9.70. The Kier molecular flexibility index (Phi) is 8.65. The van der Waals surface area contributed by atoms with Gasteiger partial charge in [0.2, 0.25) is 10.0 Å². The Labute approximate surface area is 167 Å². The summed E-state index contributed by atoms with van der Waals surface area (Å²) in [5, 5.41) is 6.60. The average molecular weight is 415 g/mol. The standard InChI is InChI=1S/C19H31FN4O3S/c1-4-21-19(22-14-18(27-3)15-6-8-16(20)9-7-15)23-17-10-12-24(13-11-17)28(25,26)5-2/h6-9,17-18H,4-5,10-14H2,1-3H3,(H2,21,22,23). The van der Waals surface area contributed by atoms with Crippen LogP contribution in [0.2, 0.25) is 0 Å². The van der Waals surface area contributed by atoms with E-state index in [9.17, 15) is 12.8 Å². The van der Waals surface area contributed by atoms with E-state index < -0.39 is 10.0 Å². The number of methoxy groups -OCH3 is 1. The largest absolute Gasteiger partial charge is 0.375 e. The number of aliphatic imine (C=N–C) groups is 1. The molecule has 7 nitrogen and oxygen atoms in total. The zero-order chi connectivity index (χ0) is 20.6. The molecule has 1 fully saturated rings. The van der Waals surface area contributed by atoms with Crippen molar-refractivity contribution in [2.45, 2.75) is 38.8 Å². The van der Waals surface area contributed by atoms with Gasteiger partial charge in [0.15, 0.2) is 5.96 Å². The van der Waals surface area contributed by atoms with E-state index in [0.29, 0.717) is 32.1 Å². The molecule has 1 aromatic carbocycles. The Morgan fingerprint density at radius 3 is 2.46 bits per heavy atom. The van der Waals surface area contributed by atoms with Crippen LogP contribution in [0.1, 0.15) is 38.4 Å². The van der Waals surface area contributed by atoms with Gasteiger partial charge in [0.05, 0.1) is 12.3 Å². The van der Waals surface area contributed by atoms with Crippen LogP contribution in [0.25, 0.3) is 0 Å². The number of ether oxygens (including phenoxy) is 1. The van der Waals surface area contributed by atoms with E-state index in [2.05, 4.69) is 15.6 Å². The molecule has 1 aliphatic rings. The summed E-state index contributed by atoms with van der Waals surface area (Å²) in [4.78, 5) is 4.61. The maximum absolute atomic E-state index is 13.1. The number of piperidine rings is 1. The van der Waals surface area contributed by atoms with Crippen molar-refractivity contribution < 1.29 is 17.5 Å². The molecular formula is C19H31FN4O3S. The molecule has 0 amide bonds. The lowest BCUT2D eigenvalue weighted by Crippen LogP contribution is -2.50. The molecule has 0 aliphatic carbocycles. The Morgan fingerprint density at radius 1 is 1.29 bits per heavy atom. The highest BCUT2D eigenvalue weighted by molar-refractivity contribution is 7.89. The van der Waals surface area contributed by atoms with E-state index in [1.165, 1.54) is 12.1 Å². The quantitative estimate of drug-likeness (QED) is 0.501. The number of sulfonamides is 1. The average Bonchev–Trinajstić information content (AvgIpc) is 2.70. The normalized spacial score (nSPS) is 18.1. The molecule has 1 heterocycles. The van der Waals surface area contributed by atoms with Crippen molar-refractivity contribution in [3.05, 3.63) is 35.6 Å². The minimum Gasteiger partial charge on any atom is -0.375 e. The van der Waals surface area contributed by atoms with Crippen LogP contribution in [0.15, 0.2) is 29.3 Å². The van der Waals surface area contributed by atoms with Crippen molar-refractivity contribution >= 4 is 16.0 Å². The summed E-state index contributed by atoms with van der Waals surface area (Å²) in [5.41, 5.74) is 0.863. The third-order valence-electron chi connectivity index (χ3n) is 4.84. The van der Waals surface area contributed by atoms with Crippen molar-refractivity contribution in [1.82, 2.24) is 14.9 Å². The molecule has 0 saturated carbocycles. The highest BCUT2D eigenvalue weighted by atomic mass is 32.2. The third-order valence-corrected chi connectivity index (χ3v) is 6.72. The smallest absolute Gasteiger partial charge is 0.213 e. The zero-order valence-corrected chi connectivity index (χ0v) is 17.6. The minimum atomic E-state index is -3.13. The van der Waals surface area contributed by atoms with Gasteiger partial charge in [-0.15, -0.1) is 0 Å². The van der Waals surface area contributed by atoms with Gasteiger partial charge < -0.3 is 15.4 Å². The van der Waals surface area contributed by atoms with Crippen LogP contribution in [0.4, 0.5) is 4.39 Å². The monoisotopic (exact) mass is 414 g/mol. The predicted octanol–water partition coefficient (Wildman–Crippen LogP) is 1.88. The molecule has 2 rings (SSSR count). The van der Waals surface area contributed by atoms with E-state index in [1.807, 2.05) is 6.92 Å². The number of hydrogen-bond donors (Lipinski definition) is 2. The number of benzene rings is 1. The molecule has 1 aliphatic heterocycles. The maximum atomic E-state index is 13.1. The van der Waals surface area contributed by atoms with E-state index in [1.54, 1.807) is 30.5 Å². The number of nitrogens with one attached hydrogen (secondary N) is 2. The van der Waals surface area contributed by atoms with Gasteiger partial charge in [-0.1, -0.05) is 12.1 Å². The summed E-state index contributed by atoms with van der Waals surface area (Å²) in [6.45, 7) is 5.79. The number of hydrogen-bond acceptors (Lipinski definition) is 4. The van der Waals surface area contributed by atoms with E-state index in [4.69, 9.17) is 4.74 Å². The lowest BCUT2D eigenvalue weighted by Gasteiger charge is -2.32. The SMILES string of the molecule is CCNC(=NCC(OC)c1ccc(F)cc1)NC1CCN(S(=O)(=O)CC)CC1. The molecule has 1 atom stereocenters. The molecule has 0 spiro atoms.